The van der Waals surface area contributed by atoms with Crippen molar-refractivity contribution >= 4 is 45.6 Å². The van der Waals surface area contributed by atoms with E-state index in [2.05, 4.69) is 70.3 Å². The van der Waals surface area contributed by atoms with Gasteiger partial charge in [0.1, 0.15) is 13.1 Å². The summed E-state index contributed by atoms with van der Waals surface area (Å²) >= 11 is 0. The largest absolute Gasteiger partial charge is 0.462 e. The molecule has 0 saturated heterocycles. The molecular weight excluding hydrogens is 741 g/mol. The van der Waals surface area contributed by atoms with E-state index in [0.29, 0.717) is 24.3 Å². The van der Waals surface area contributed by atoms with Crippen molar-refractivity contribution in [3.8, 4) is 0 Å². The SMILES string of the molecule is O=C(OCCCCCCCCCC[n+]1ccc(/C=C/c2cc[n+](CCCCCCCCCCOC(=O)c3cccc4ccccc34)cc2)cc1)c1cccc2ccccc12. The number of unbranched alkanes of at least 4 members (excludes halogenated alkanes) is 14. The predicted molar refractivity (Wildman–Crippen MR) is 245 cm³/mol. The molecule has 0 fully saturated rings. The van der Waals surface area contributed by atoms with Gasteiger partial charge in [0, 0.05) is 37.1 Å². The topological polar surface area (TPSA) is 60.4 Å². The molecule has 2 aromatic heterocycles. The lowest BCUT2D eigenvalue weighted by Gasteiger charge is -2.07. The van der Waals surface area contributed by atoms with Crippen molar-refractivity contribution in [2.45, 2.75) is 116 Å². The molecule has 0 N–H and O–H groups in total. The van der Waals surface area contributed by atoms with Gasteiger partial charge in [-0.1, -0.05) is 149 Å². The molecule has 6 rings (SSSR count). The Balaban J connectivity index is 0.727. The zero-order valence-corrected chi connectivity index (χ0v) is 35.5. The number of carbonyl (C=O) groups is 2. The number of nitrogens with zero attached hydrogens (tertiary/aromatic N) is 2. The molecule has 0 aliphatic rings. The molecule has 0 amide bonds. The van der Waals surface area contributed by atoms with Crippen molar-refractivity contribution in [1.29, 1.82) is 0 Å². The summed E-state index contributed by atoms with van der Waals surface area (Å²) in [6.45, 7) is 3.09. The Hall–Kier alpha value is -5.62. The van der Waals surface area contributed by atoms with Crippen LogP contribution in [-0.2, 0) is 22.6 Å². The minimum atomic E-state index is -0.220. The van der Waals surface area contributed by atoms with Crippen LogP contribution < -0.4 is 9.13 Å². The first-order valence-corrected chi connectivity index (χ1v) is 22.6. The van der Waals surface area contributed by atoms with Crippen LogP contribution in [0.15, 0.2) is 134 Å². The highest BCUT2D eigenvalue weighted by Crippen LogP contribution is 2.21. The second-order valence-corrected chi connectivity index (χ2v) is 16.1. The number of hydrogen-bond acceptors (Lipinski definition) is 4. The smallest absolute Gasteiger partial charge is 0.338 e. The summed E-state index contributed by atoms with van der Waals surface area (Å²) < 4.78 is 15.7. The lowest BCUT2D eigenvalue weighted by Crippen LogP contribution is -2.32. The summed E-state index contributed by atoms with van der Waals surface area (Å²) in [7, 11) is 0. The van der Waals surface area contributed by atoms with Crippen LogP contribution in [0.2, 0.25) is 0 Å². The highest BCUT2D eigenvalue weighted by atomic mass is 16.5. The highest BCUT2D eigenvalue weighted by molar-refractivity contribution is 6.05. The van der Waals surface area contributed by atoms with E-state index >= 15 is 0 Å². The zero-order valence-electron chi connectivity index (χ0n) is 35.5. The molecule has 0 radical (unpaired) electrons. The van der Waals surface area contributed by atoms with Gasteiger partial charge >= 0.3 is 11.9 Å². The van der Waals surface area contributed by atoms with Gasteiger partial charge < -0.3 is 9.47 Å². The number of aryl methyl sites for hydroxylation is 2. The average Bonchev–Trinajstić information content (AvgIpc) is 3.29. The van der Waals surface area contributed by atoms with Crippen molar-refractivity contribution in [1.82, 2.24) is 0 Å². The van der Waals surface area contributed by atoms with Gasteiger partial charge in [-0.2, -0.15) is 0 Å². The van der Waals surface area contributed by atoms with Gasteiger partial charge in [-0.25, -0.2) is 18.7 Å². The second-order valence-electron chi connectivity index (χ2n) is 16.1. The molecule has 0 aliphatic carbocycles. The number of esters is 2. The fourth-order valence-corrected chi connectivity index (χ4v) is 7.86. The second kappa shape index (κ2) is 25.1. The zero-order chi connectivity index (χ0) is 41.5. The molecule has 312 valence electrons. The molecule has 6 nitrogen and oxygen atoms in total. The van der Waals surface area contributed by atoms with Crippen LogP contribution in [0.3, 0.4) is 0 Å². The quantitative estimate of drug-likeness (QED) is 0.0311. The van der Waals surface area contributed by atoms with Crippen molar-refractivity contribution < 1.29 is 28.2 Å². The van der Waals surface area contributed by atoms with E-state index in [1.54, 1.807) is 0 Å². The maximum absolute atomic E-state index is 12.6. The first-order chi connectivity index (χ1) is 29.6. The molecular formula is C54H64N2O4+2. The third kappa shape index (κ3) is 14.6. The Kier molecular flexibility index (Phi) is 18.4. The van der Waals surface area contributed by atoms with Crippen LogP contribution in [0, 0.1) is 0 Å². The van der Waals surface area contributed by atoms with Gasteiger partial charge in [0.25, 0.3) is 0 Å². The van der Waals surface area contributed by atoms with Gasteiger partial charge in [-0.15, -0.1) is 0 Å². The molecule has 60 heavy (non-hydrogen) atoms. The normalized spacial score (nSPS) is 11.4. The molecule has 0 aliphatic heterocycles. The van der Waals surface area contributed by atoms with E-state index in [1.165, 1.54) is 88.2 Å². The van der Waals surface area contributed by atoms with Gasteiger partial charge in [0.2, 0.25) is 0 Å². The van der Waals surface area contributed by atoms with E-state index < -0.39 is 0 Å². The number of benzene rings is 4. The summed E-state index contributed by atoms with van der Waals surface area (Å²) in [4.78, 5) is 25.2. The predicted octanol–water partition coefficient (Wildman–Crippen LogP) is 12.7. The molecule has 0 bridgehead atoms. The minimum absolute atomic E-state index is 0.220. The number of rotatable bonds is 26. The Labute approximate surface area is 357 Å². The van der Waals surface area contributed by atoms with Crippen LogP contribution in [0.25, 0.3) is 33.7 Å². The minimum Gasteiger partial charge on any atom is -0.462 e. The molecule has 0 atom stereocenters. The fraction of sp³-hybridized carbons (Fsp3) is 0.370. The molecule has 2 heterocycles. The summed E-state index contributed by atoms with van der Waals surface area (Å²) in [5.74, 6) is -0.441. The summed E-state index contributed by atoms with van der Waals surface area (Å²) in [6, 6.07) is 36.3. The fourth-order valence-electron chi connectivity index (χ4n) is 7.86. The number of aromatic nitrogens is 2. The van der Waals surface area contributed by atoms with Gasteiger partial charge in [-0.05, 0) is 70.5 Å². The Morgan fingerprint density at radius 1 is 0.383 bits per heavy atom. The number of pyridine rings is 2. The molecule has 0 saturated carbocycles. The number of carbonyl (C=O) groups excluding carboxylic acids is 2. The van der Waals surface area contributed by atoms with Crippen molar-refractivity contribution in [2.24, 2.45) is 0 Å². The third-order valence-corrected chi connectivity index (χ3v) is 11.4. The van der Waals surface area contributed by atoms with E-state index in [-0.39, 0.29) is 11.9 Å². The Bertz CT molecular complexity index is 2060. The Morgan fingerprint density at radius 3 is 1.12 bits per heavy atom. The maximum Gasteiger partial charge on any atom is 0.338 e. The van der Waals surface area contributed by atoms with Crippen LogP contribution in [-0.4, -0.2) is 25.2 Å². The van der Waals surface area contributed by atoms with Crippen LogP contribution >= 0.6 is 0 Å². The van der Waals surface area contributed by atoms with Crippen LogP contribution in [0.5, 0.6) is 0 Å². The first kappa shape index (κ1) is 43.9. The molecule has 6 aromatic rings. The summed E-state index contributed by atoms with van der Waals surface area (Å²) in [5.41, 5.74) is 3.74. The van der Waals surface area contributed by atoms with Crippen molar-refractivity contribution in [3.05, 3.63) is 156 Å². The Morgan fingerprint density at radius 2 is 0.717 bits per heavy atom. The van der Waals surface area contributed by atoms with Gasteiger partial charge in [-0.3, -0.25) is 0 Å². The van der Waals surface area contributed by atoms with Crippen LogP contribution in [0.4, 0.5) is 0 Å². The van der Waals surface area contributed by atoms with Crippen molar-refractivity contribution in [3.63, 3.8) is 0 Å². The number of ether oxygens (including phenoxy) is 2. The highest BCUT2D eigenvalue weighted by Gasteiger charge is 2.12. The maximum atomic E-state index is 12.6. The van der Waals surface area contributed by atoms with Crippen molar-refractivity contribution in [2.75, 3.05) is 13.2 Å². The van der Waals surface area contributed by atoms with E-state index in [4.69, 9.17) is 9.47 Å². The van der Waals surface area contributed by atoms with E-state index in [0.717, 1.165) is 60.3 Å². The molecule has 0 spiro atoms. The van der Waals surface area contributed by atoms with Gasteiger partial charge in [0.15, 0.2) is 24.8 Å². The van der Waals surface area contributed by atoms with E-state index in [1.807, 2.05) is 84.9 Å². The third-order valence-electron chi connectivity index (χ3n) is 11.4. The average molecular weight is 805 g/mol. The number of fused-ring (bicyclic) bond motifs is 2. The lowest BCUT2D eigenvalue weighted by atomic mass is 10.0. The summed E-state index contributed by atoms with van der Waals surface area (Å²) in [5, 5.41) is 4.04. The summed E-state index contributed by atoms with van der Waals surface area (Å²) in [6.07, 6.45) is 32.1. The molecule has 4 aromatic carbocycles. The van der Waals surface area contributed by atoms with Crippen LogP contribution in [0.1, 0.15) is 135 Å². The lowest BCUT2D eigenvalue weighted by molar-refractivity contribution is -0.697. The standard InChI is InChI=1S/C54H64N2O4/c57-53(51-29-21-25-47-23-13-15-27-49(47)51)59-43-19-11-7-3-1-5-9-17-37-55-39-33-45(34-40-55)31-32-46-35-41-56(42-36-46)38-18-10-6-2-4-8-12-20-44-60-54(58)52-30-22-26-48-24-14-16-28-50(48)52/h13-16,21-36,39-42H,1-12,17-20,37-38,43-44H2/q+2/b32-31+. The first-order valence-electron chi connectivity index (χ1n) is 22.6. The molecule has 0 unspecified atom stereocenters. The monoisotopic (exact) mass is 804 g/mol. The number of hydrogen-bond donors (Lipinski definition) is 0. The molecule has 6 heteroatoms. The van der Waals surface area contributed by atoms with E-state index in [9.17, 15) is 9.59 Å². The van der Waals surface area contributed by atoms with Gasteiger partial charge in [0.05, 0.1) is 24.3 Å².